The highest BCUT2D eigenvalue weighted by Gasteiger charge is 2.16. The Kier molecular flexibility index (Phi) is 6.63. The molecule has 2 N–H and O–H groups in total. The molecule has 0 radical (unpaired) electrons. The van der Waals surface area contributed by atoms with Gasteiger partial charge in [-0.2, -0.15) is 0 Å². The van der Waals surface area contributed by atoms with Gasteiger partial charge >= 0.3 is 0 Å². The quantitative estimate of drug-likeness (QED) is 0.565. The molecule has 2 aromatic rings. The van der Waals surface area contributed by atoms with E-state index in [1.54, 1.807) is 55.4 Å². The molecule has 1 amide bonds. The minimum absolute atomic E-state index is 0.0186. The fraction of sp³-hybridized carbons (Fsp3) is 0.188. The molecule has 7 nitrogen and oxygen atoms in total. The number of para-hydroxylation sites is 1. The van der Waals surface area contributed by atoms with Crippen LogP contribution in [0.4, 0.5) is 11.4 Å². The third kappa shape index (κ3) is 5.63. The molecular weight excluding hydrogens is 364 g/mol. The lowest BCUT2D eigenvalue weighted by atomic mass is 10.3. The standard InChI is InChI=1S/C16H17ClN4O3S/c1-20(2)10-16(22)19-18-12-9-11(17)7-8-14(12)25-15-6-4-3-5-13(15)21(23)24/h3-9,18H,10H2,1-2H3,(H,19,22). The van der Waals surface area contributed by atoms with Crippen molar-refractivity contribution < 1.29 is 9.72 Å². The van der Waals surface area contributed by atoms with Gasteiger partial charge in [0.05, 0.1) is 22.1 Å². The molecule has 0 aromatic heterocycles. The number of nitro groups is 1. The van der Waals surface area contributed by atoms with Crippen molar-refractivity contribution in [3.8, 4) is 0 Å². The van der Waals surface area contributed by atoms with Crippen molar-refractivity contribution in [3.05, 3.63) is 57.6 Å². The van der Waals surface area contributed by atoms with E-state index in [1.807, 2.05) is 0 Å². The van der Waals surface area contributed by atoms with Gasteiger partial charge in [0.1, 0.15) is 0 Å². The zero-order valence-electron chi connectivity index (χ0n) is 13.7. The Morgan fingerprint density at radius 1 is 1.24 bits per heavy atom. The van der Waals surface area contributed by atoms with Crippen molar-refractivity contribution in [2.75, 3.05) is 26.1 Å². The van der Waals surface area contributed by atoms with Crippen molar-refractivity contribution in [1.29, 1.82) is 0 Å². The number of nitro benzene ring substituents is 1. The van der Waals surface area contributed by atoms with Gasteiger partial charge in [-0.05, 0) is 38.4 Å². The second-order valence-corrected chi connectivity index (χ2v) is 6.90. The predicted octanol–water partition coefficient (Wildman–Crippen LogP) is 3.40. The maximum Gasteiger partial charge on any atom is 0.283 e. The first kappa shape index (κ1) is 19.0. The summed E-state index contributed by atoms with van der Waals surface area (Å²) in [5, 5.41) is 11.6. The number of amides is 1. The maximum absolute atomic E-state index is 11.8. The highest BCUT2D eigenvalue weighted by atomic mass is 35.5. The number of benzene rings is 2. The van der Waals surface area contributed by atoms with Crippen LogP contribution in [0.5, 0.6) is 0 Å². The van der Waals surface area contributed by atoms with Crippen LogP contribution in [0.2, 0.25) is 5.02 Å². The summed E-state index contributed by atoms with van der Waals surface area (Å²) in [6, 6.07) is 11.5. The molecule has 0 aliphatic heterocycles. The molecule has 132 valence electrons. The molecule has 0 spiro atoms. The number of hydrazine groups is 1. The first-order chi connectivity index (χ1) is 11.9. The summed E-state index contributed by atoms with van der Waals surface area (Å²) in [5.41, 5.74) is 5.99. The minimum atomic E-state index is -0.426. The first-order valence-corrected chi connectivity index (χ1v) is 8.46. The van der Waals surface area contributed by atoms with E-state index in [0.29, 0.717) is 20.5 Å². The van der Waals surface area contributed by atoms with Crippen molar-refractivity contribution in [2.45, 2.75) is 9.79 Å². The van der Waals surface area contributed by atoms with E-state index < -0.39 is 4.92 Å². The second-order valence-electron chi connectivity index (χ2n) is 5.38. The molecule has 0 atom stereocenters. The van der Waals surface area contributed by atoms with E-state index in [2.05, 4.69) is 10.9 Å². The zero-order chi connectivity index (χ0) is 18.4. The van der Waals surface area contributed by atoms with Crippen LogP contribution < -0.4 is 10.9 Å². The molecular formula is C16H17ClN4O3S. The number of anilines is 1. The van der Waals surface area contributed by atoms with Crippen LogP contribution in [0.1, 0.15) is 0 Å². The van der Waals surface area contributed by atoms with Crippen LogP contribution >= 0.6 is 23.4 Å². The summed E-state index contributed by atoms with van der Waals surface area (Å²) in [6.07, 6.45) is 0. The smallest absolute Gasteiger partial charge is 0.283 e. The molecule has 0 fully saturated rings. The van der Waals surface area contributed by atoms with Crippen molar-refractivity contribution in [3.63, 3.8) is 0 Å². The van der Waals surface area contributed by atoms with Crippen molar-refractivity contribution in [2.24, 2.45) is 0 Å². The first-order valence-electron chi connectivity index (χ1n) is 7.27. The summed E-state index contributed by atoms with van der Waals surface area (Å²) >= 11 is 7.24. The SMILES string of the molecule is CN(C)CC(=O)NNc1cc(Cl)ccc1Sc1ccccc1[N+](=O)[O-]. The number of halogens is 1. The molecule has 0 aliphatic rings. The van der Waals surface area contributed by atoms with Crippen LogP contribution in [0.3, 0.4) is 0 Å². The number of likely N-dealkylation sites (N-methyl/N-ethyl adjacent to an activating group) is 1. The van der Waals surface area contributed by atoms with Crippen molar-refractivity contribution in [1.82, 2.24) is 10.3 Å². The fourth-order valence-electron chi connectivity index (χ4n) is 1.97. The summed E-state index contributed by atoms with van der Waals surface area (Å²) in [4.78, 5) is 25.4. The van der Waals surface area contributed by atoms with E-state index in [4.69, 9.17) is 11.6 Å². The number of nitrogens with one attached hydrogen (secondary N) is 2. The van der Waals surface area contributed by atoms with E-state index >= 15 is 0 Å². The molecule has 0 heterocycles. The largest absolute Gasteiger partial charge is 0.301 e. The van der Waals surface area contributed by atoms with Gasteiger partial charge in [-0.1, -0.05) is 35.5 Å². The van der Waals surface area contributed by atoms with Gasteiger partial charge in [-0.15, -0.1) is 0 Å². The van der Waals surface area contributed by atoms with Gasteiger partial charge in [0.25, 0.3) is 11.6 Å². The molecule has 0 saturated heterocycles. The van der Waals surface area contributed by atoms with Gasteiger partial charge in [-0.3, -0.25) is 25.8 Å². The summed E-state index contributed by atoms with van der Waals surface area (Å²) < 4.78 is 0. The van der Waals surface area contributed by atoms with Crippen LogP contribution in [-0.2, 0) is 4.79 Å². The number of rotatable bonds is 7. The van der Waals surface area contributed by atoms with Gasteiger partial charge in [0.15, 0.2) is 0 Å². The molecule has 0 unspecified atom stereocenters. The Labute approximate surface area is 154 Å². The summed E-state index contributed by atoms with van der Waals surface area (Å²) in [6.45, 7) is 0.222. The molecule has 2 aromatic carbocycles. The van der Waals surface area contributed by atoms with Gasteiger partial charge < -0.3 is 4.90 Å². The average Bonchev–Trinajstić information content (AvgIpc) is 2.54. The molecule has 25 heavy (non-hydrogen) atoms. The monoisotopic (exact) mass is 380 g/mol. The van der Waals surface area contributed by atoms with Crippen molar-refractivity contribution >= 4 is 40.6 Å². The fourth-order valence-corrected chi connectivity index (χ4v) is 3.12. The lowest BCUT2D eigenvalue weighted by Crippen LogP contribution is -2.36. The predicted molar refractivity (Wildman–Crippen MR) is 99.0 cm³/mol. The molecule has 0 saturated carbocycles. The third-order valence-electron chi connectivity index (χ3n) is 3.02. The topological polar surface area (TPSA) is 87.5 Å². The van der Waals surface area contributed by atoms with E-state index in [0.717, 1.165) is 0 Å². The van der Waals surface area contributed by atoms with Crippen LogP contribution in [0.25, 0.3) is 0 Å². The Morgan fingerprint density at radius 2 is 1.96 bits per heavy atom. The average molecular weight is 381 g/mol. The number of hydrogen-bond donors (Lipinski definition) is 2. The third-order valence-corrected chi connectivity index (χ3v) is 4.40. The zero-order valence-corrected chi connectivity index (χ0v) is 15.2. The number of nitrogens with zero attached hydrogens (tertiary/aromatic N) is 2. The van der Waals surface area contributed by atoms with E-state index in [-0.39, 0.29) is 18.1 Å². The van der Waals surface area contributed by atoms with E-state index in [1.165, 1.54) is 17.8 Å². The number of carbonyl (C=O) groups excluding carboxylic acids is 1. The summed E-state index contributed by atoms with van der Waals surface area (Å²) in [5.74, 6) is -0.216. The normalized spacial score (nSPS) is 10.6. The van der Waals surface area contributed by atoms with E-state index in [9.17, 15) is 14.9 Å². The lowest BCUT2D eigenvalue weighted by Gasteiger charge is -2.15. The van der Waals surface area contributed by atoms with Gasteiger partial charge in [0, 0.05) is 16.0 Å². The molecule has 9 heteroatoms. The minimum Gasteiger partial charge on any atom is -0.301 e. The van der Waals surface area contributed by atoms with Gasteiger partial charge in [-0.25, -0.2) is 0 Å². The molecule has 0 bridgehead atoms. The highest BCUT2D eigenvalue weighted by molar-refractivity contribution is 7.99. The van der Waals surface area contributed by atoms with Crippen LogP contribution in [-0.4, -0.2) is 36.4 Å². The second kappa shape index (κ2) is 8.70. The lowest BCUT2D eigenvalue weighted by molar-refractivity contribution is -0.387. The van der Waals surface area contributed by atoms with Crippen LogP contribution in [0, 0.1) is 10.1 Å². The maximum atomic E-state index is 11.8. The number of hydrogen-bond acceptors (Lipinski definition) is 6. The number of carbonyl (C=O) groups is 1. The molecule has 0 aliphatic carbocycles. The molecule has 2 rings (SSSR count). The Bertz CT molecular complexity index is 786. The van der Waals surface area contributed by atoms with Crippen LogP contribution in [0.15, 0.2) is 52.3 Å². The Morgan fingerprint density at radius 3 is 2.64 bits per heavy atom. The highest BCUT2D eigenvalue weighted by Crippen LogP contribution is 2.38. The Balaban J connectivity index is 2.21. The van der Waals surface area contributed by atoms with Gasteiger partial charge in [0.2, 0.25) is 0 Å². The Hall–Kier alpha value is -2.29. The summed E-state index contributed by atoms with van der Waals surface area (Å²) in [7, 11) is 3.57.